The minimum Gasteiger partial charge on any atom is -0.493 e. The first-order valence-corrected chi connectivity index (χ1v) is 6.21. The summed E-state index contributed by atoms with van der Waals surface area (Å²) in [6.07, 6.45) is 0. The lowest BCUT2D eigenvalue weighted by Gasteiger charge is -2.43. The zero-order chi connectivity index (χ0) is 14.2. The van der Waals surface area contributed by atoms with Crippen LogP contribution in [-0.4, -0.2) is 32.2 Å². The zero-order valence-electron chi connectivity index (χ0n) is 12.0. The highest BCUT2D eigenvalue weighted by molar-refractivity contribution is 5.98. The van der Waals surface area contributed by atoms with Crippen molar-refractivity contribution in [3.8, 4) is 11.5 Å². The van der Waals surface area contributed by atoms with E-state index in [2.05, 4.69) is 5.32 Å². The summed E-state index contributed by atoms with van der Waals surface area (Å²) in [4.78, 5) is 13.7. The summed E-state index contributed by atoms with van der Waals surface area (Å²) >= 11 is 0. The maximum absolute atomic E-state index is 12.0. The summed E-state index contributed by atoms with van der Waals surface area (Å²) in [5.74, 6) is 1.28. The van der Waals surface area contributed by atoms with Crippen LogP contribution in [-0.2, 0) is 4.79 Å². The van der Waals surface area contributed by atoms with Crippen molar-refractivity contribution >= 4 is 17.3 Å². The Kier molecular flexibility index (Phi) is 3.30. The van der Waals surface area contributed by atoms with E-state index in [9.17, 15) is 4.79 Å². The van der Waals surface area contributed by atoms with Gasteiger partial charge in [0.25, 0.3) is 0 Å². The smallest absolute Gasteiger partial charge is 0.224 e. The fourth-order valence-electron chi connectivity index (χ4n) is 2.51. The highest BCUT2D eigenvalue weighted by atomic mass is 16.5. The molecule has 1 aliphatic rings. The first kappa shape index (κ1) is 13.5. The van der Waals surface area contributed by atoms with E-state index < -0.39 is 0 Å². The second-order valence-corrected chi connectivity index (χ2v) is 5.24. The maximum atomic E-state index is 12.0. The van der Waals surface area contributed by atoms with Crippen LogP contribution >= 0.6 is 0 Å². The molecule has 1 aromatic rings. The minimum atomic E-state index is -0.279. The zero-order valence-corrected chi connectivity index (χ0v) is 12.0. The van der Waals surface area contributed by atoms with Gasteiger partial charge in [-0.05, 0) is 13.8 Å². The molecular formula is C14H20N2O3. The number of amides is 1. The molecule has 0 saturated heterocycles. The lowest BCUT2D eigenvalue weighted by atomic mass is 9.97. The van der Waals surface area contributed by atoms with Gasteiger partial charge in [0.1, 0.15) is 0 Å². The molecule has 104 valence electrons. The van der Waals surface area contributed by atoms with E-state index in [1.807, 2.05) is 26.0 Å². The van der Waals surface area contributed by atoms with Gasteiger partial charge in [-0.25, -0.2) is 0 Å². The molecule has 1 heterocycles. The lowest BCUT2D eigenvalue weighted by Crippen LogP contribution is -2.54. The number of benzene rings is 1. The van der Waals surface area contributed by atoms with Crippen molar-refractivity contribution in [2.75, 3.05) is 31.0 Å². The topological polar surface area (TPSA) is 50.8 Å². The van der Waals surface area contributed by atoms with Crippen molar-refractivity contribution in [1.29, 1.82) is 0 Å². The second kappa shape index (κ2) is 4.64. The highest BCUT2D eigenvalue weighted by Crippen LogP contribution is 2.43. The Labute approximate surface area is 113 Å². The summed E-state index contributed by atoms with van der Waals surface area (Å²) < 4.78 is 10.6. The molecule has 0 aromatic heterocycles. The quantitative estimate of drug-likeness (QED) is 0.890. The maximum Gasteiger partial charge on any atom is 0.224 e. The average Bonchev–Trinajstić information content (AvgIpc) is 2.35. The molecule has 1 N–H and O–H groups in total. The fourth-order valence-corrected chi connectivity index (χ4v) is 2.51. The van der Waals surface area contributed by atoms with E-state index in [0.717, 1.165) is 11.4 Å². The Morgan fingerprint density at radius 2 is 1.84 bits per heavy atom. The third-order valence-corrected chi connectivity index (χ3v) is 3.37. The van der Waals surface area contributed by atoms with Gasteiger partial charge in [0.15, 0.2) is 11.5 Å². The van der Waals surface area contributed by atoms with Crippen LogP contribution < -0.4 is 19.7 Å². The van der Waals surface area contributed by atoms with Crippen molar-refractivity contribution in [1.82, 2.24) is 0 Å². The Bertz CT molecular complexity index is 512. The molecule has 0 fully saturated rings. The highest BCUT2D eigenvalue weighted by Gasteiger charge is 2.36. The molecule has 2 rings (SSSR count). The van der Waals surface area contributed by atoms with Gasteiger partial charge in [0, 0.05) is 25.6 Å². The van der Waals surface area contributed by atoms with Crippen LogP contribution in [0.1, 0.15) is 20.8 Å². The van der Waals surface area contributed by atoms with Crippen molar-refractivity contribution in [3.05, 3.63) is 12.1 Å². The molecule has 0 aliphatic carbocycles. The Morgan fingerprint density at radius 3 is 2.37 bits per heavy atom. The van der Waals surface area contributed by atoms with Gasteiger partial charge in [-0.15, -0.1) is 0 Å². The van der Waals surface area contributed by atoms with E-state index >= 15 is 0 Å². The van der Waals surface area contributed by atoms with Gasteiger partial charge in [-0.1, -0.05) is 0 Å². The molecule has 5 heteroatoms. The molecule has 0 radical (unpaired) electrons. The fraction of sp³-hybridized carbons (Fsp3) is 0.500. The van der Waals surface area contributed by atoms with Crippen molar-refractivity contribution in [2.45, 2.75) is 26.3 Å². The molecule has 1 amide bonds. The van der Waals surface area contributed by atoms with Crippen LogP contribution in [0, 0.1) is 0 Å². The van der Waals surface area contributed by atoms with Crippen LogP contribution in [0.25, 0.3) is 0 Å². The van der Waals surface area contributed by atoms with Gasteiger partial charge in [0.2, 0.25) is 5.91 Å². The van der Waals surface area contributed by atoms with Crippen molar-refractivity contribution < 1.29 is 14.3 Å². The number of carbonyl (C=O) groups is 1. The number of nitrogens with one attached hydrogen (secondary N) is 1. The summed E-state index contributed by atoms with van der Waals surface area (Å²) in [6.45, 7) is 6.32. The SMILES string of the molecule is COc1cc2c(cc1OC)N(C(C)=O)C(C)(C)CN2. The normalized spacial score (nSPS) is 16.4. The van der Waals surface area contributed by atoms with Gasteiger partial charge in [0.05, 0.1) is 31.1 Å². The summed E-state index contributed by atoms with van der Waals surface area (Å²) in [7, 11) is 3.18. The number of fused-ring (bicyclic) bond motifs is 1. The van der Waals surface area contributed by atoms with E-state index in [4.69, 9.17) is 9.47 Å². The van der Waals surface area contributed by atoms with E-state index in [0.29, 0.717) is 18.0 Å². The molecule has 1 aromatic carbocycles. The largest absolute Gasteiger partial charge is 0.493 e. The molecule has 5 nitrogen and oxygen atoms in total. The first-order valence-electron chi connectivity index (χ1n) is 6.21. The van der Waals surface area contributed by atoms with Crippen molar-refractivity contribution in [2.24, 2.45) is 0 Å². The summed E-state index contributed by atoms with van der Waals surface area (Å²) in [6, 6.07) is 3.70. The van der Waals surface area contributed by atoms with E-state index in [-0.39, 0.29) is 11.4 Å². The number of methoxy groups -OCH3 is 2. The number of rotatable bonds is 2. The molecular weight excluding hydrogens is 244 g/mol. The number of hydrogen-bond donors (Lipinski definition) is 1. The number of nitrogens with zero attached hydrogens (tertiary/aromatic N) is 1. The molecule has 0 unspecified atom stereocenters. The number of hydrogen-bond acceptors (Lipinski definition) is 4. The third kappa shape index (κ3) is 2.20. The predicted octanol–water partition coefficient (Wildman–Crippen LogP) is 2.26. The number of ether oxygens (including phenoxy) is 2. The summed E-state index contributed by atoms with van der Waals surface area (Å²) in [5.41, 5.74) is 1.42. The molecule has 0 atom stereocenters. The van der Waals surface area contributed by atoms with Gasteiger partial charge in [-0.2, -0.15) is 0 Å². The van der Waals surface area contributed by atoms with E-state index in [1.54, 1.807) is 26.0 Å². The van der Waals surface area contributed by atoms with Crippen LogP contribution in [0.2, 0.25) is 0 Å². The standard InChI is InChI=1S/C14H20N2O3/c1-9(17)16-11-7-13(19-5)12(18-4)6-10(11)15-8-14(16,2)3/h6-7,15H,8H2,1-5H3. The predicted molar refractivity (Wildman–Crippen MR) is 75.3 cm³/mol. The molecule has 0 spiro atoms. The van der Waals surface area contributed by atoms with Gasteiger partial charge < -0.3 is 19.7 Å². The Morgan fingerprint density at radius 1 is 1.26 bits per heavy atom. The summed E-state index contributed by atoms with van der Waals surface area (Å²) in [5, 5.41) is 3.33. The van der Waals surface area contributed by atoms with Gasteiger partial charge >= 0.3 is 0 Å². The molecule has 0 saturated carbocycles. The number of carbonyl (C=O) groups excluding carboxylic acids is 1. The van der Waals surface area contributed by atoms with Crippen LogP contribution in [0.3, 0.4) is 0 Å². The minimum absolute atomic E-state index is 0.0139. The van der Waals surface area contributed by atoms with Crippen molar-refractivity contribution in [3.63, 3.8) is 0 Å². The van der Waals surface area contributed by atoms with Crippen LogP contribution in [0.5, 0.6) is 11.5 Å². The first-order chi connectivity index (χ1) is 8.90. The molecule has 19 heavy (non-hydrogen) atoms. The lowest BCUT2D eigenvalue weighted by molar-refractivity contribution is -0.117. The second-order valence-electron chi connectivity index (χ2n) is 5.24. The van der Waals surface area contributed by atoms with Crippen LogP contribution in [0.4, 0.5) is 11.4 Å². The number of anilines is 2. The monoisotopic (exact) mass is 264 g/mol. The Balaban J connectivity index is 2.60. The Hall–Kier alpha value is -1.91. The average molecular weight is 264 g/mol. The van der Waals surface area contributed by atoms with E-state index in [1.165, 1.54) is 0 Å². The molecule has 1 aliphatic heterocycles. The van der Waals surface area contributed by atoms with Gasteiger partial charge in [-0.3, -0.25) is 4.79 Å². The molecule has 0 bridgehead atoms. The van der Waals surface area contributed by atoms with Crippen LogP contribution in [0.15, 0.2) is 12.1 Å². The third-order valence-electron chi connectivity index (χ3n) is 3.37.